The van der Waals surface area contributed by atoms with Crippen LogP contribution in [0.15, 0.2) is 0 Å². The van der Waals surface area contributed by atoms with Crippen LogP contribution >= 0.6 is 11.3 Å². The molecule has 1 aromatic heterocycles. The Morgan fingerprint density at radius 2 is 2.24 bits per heavy atom. The number of aromatic nitrogens is 1. The predicted octanol–water partition coefficient (Wildman–Crippen LogP) is 2.50. The molecule has 1 unspecified atom stereocenters. The fraction of sp³-hybridized carbons (Fsp3) is 0.769. The van der Waals surface area contributed by atoms with Crippen LogP contribution in [0.25, 0.3) is 0 Å². The molecule has 1 aromatic rings. The summed E-state index contributed by atoms with van der Waals surface area (Å²) in [5.74, 6) is 0. The highest BCUT2D eigenvalue weighted by Gasteiger charge is 2.23. The summed E-state index contributed by atoms with van der Waals surface area (Å²) in [7, 11) is 0. The first kappa shape index (κ1) is 13.0. The number of hydrogen-bond donors (Lipinski definition) is 1. The molecular formula is C13H22N2OS. The lowest BCUT2D eigenvalue weighted by Gasteiger charge is -2.35. The molecule has 1 saturated heterocycles. The van der Waals surface area contributed by atoms with Gasteiger partial charge in [0.1, 0.15) is 0 Å². The molecule has 1 aliphatic heterocycles. The number of thiazole rings is 1. The molecular weight excluding hydrogens is 232 g/mol. The van der Waals surface area contributed by atoms with Gasteiger partial charge in [-0.1, -0.05) is 6.42 Å². The second-order valence-corrected chi connectivity index (χ2v) is 6.16. The summed E-state index contributed by atoms with van der Waals surface area (Å²) in [5, 5.41) is 10.3. The minimum Gasteiger partial charge on any atom is -0.396 e. The Balaban J connectivity index is 2.02. The van der Waals surface area contributed by atoms with E-state index in [9.17, 15) is 0 Å². The van der Waals surface area contributed by atoms with Gasteiger partial charge in [-0.15, -0.1) is 11.3 Å². The van der Waals surface area contributed by atoms with Crippen molar-refractivity contribution in [3.63, 3.8) is 0 Å². The second kappa shape index (κ2) is 5.94. The van der Waals surface area contributed by atoms with Gasteiger partial charge in [0.05, 0.1) is 10.7 Å². The third-order valence-electron chi connectivity index (χ3n) is 3.56. The summed E-state index contributed by atoms with van der Waals surface area (Å²) < 4.78 is 0. The SMILES string of the molecule is Cc1nc(C)c(CN2CCCCC2CCO)s1. The highest BCUT2D eigenvalue weighted by Crippen LogP contribution is 2.25. The van der Waals surface area contributed by atoms with Crippen molar-refractivity contribution in [2.75, 3.05) is 13.2 Å². The Hall–Kier alpha value is -0.450. The smallest absolute Gasteiger partial charge is 0.0900 e. The van der Waals surface area contributed by atoms with Crippen molar-refractivity contribution in [1.29, 1.82) is 0 Å². The molecule has 0 bridgehead atoms. The highest BCUT2D eigenvalue weighted by atomic mass is 32.1. The third kappa shape index (κ3) is 3.27. The fourth-order valence-electron chi connectivity index (χ4n) is 2.65. The lowest BCUT2D eigenvalue weighted by atomic mass is 9.99. The summed E-state index contributed by atoms with van der Waals surface area (Å²) in [6, 6.07) is 0.565. The topological polar surface area (TPSA) is 36.4 Å². The zero-order valence-corrected chi connectivity index (χ0v) is 11.6. The zero-order chi connectivity index (χ0) is 12.3. The largest absolute Gasteiger partial charge is 0.396 e. The molecule has 0 aromatic carbocycles. The quantitative estimate of drug-likeness (QED) is 0.897. The third-order valence-corrected chi connectivity index (χ3v) is 4.62. The first-order valence-corrected chi connectivity index (χ1v) is 7.30. The van der Waals surface area contributed by atoms with E-state index in [1.54, 1.807) is 0 Å². The maximum absolute atomic E-state index is 9.12. The van der Waals surface area contributed by atoms with Crippen molar-refractivity contribution in [1.82, 2.24) is 9.88 Å². The van der Waals surface area contributed by atoms with Crippen LogP contribution in [0.5, 0.6) is 0 Å². The number of aliphatic hydroxyl groups is 1. The number of rotatable bonds is 4. The molecule has 4 heteroatoms. The van der Waals surface area contributed by atoms with E-state index in [1.165, 1.54) is 36.4 Å². The standard InChI is InChI=1S/C13H22N2OS/c1-10-13(17-11(2)14-10)9-15-7-4-3-5-12(15)6-8-16/h12,16H,3-9H2,1-2H3. The van der Waals surface area contributed by atoms with Gasteiger partial charge >= 0.3 is 0 Å². The lowest BCUT2D eigenvalue weighted by Crippen LogP contribution is -2.39. The lowest BCUT2D eigenvalue weighted by molar-refractivity contribution is 0.113. The molecule has 0 spiro atoms. The van der Waals surface area contributed by atoms with E-state index in [1.807, 2.05) is 11.3 Å². The number of hydrogen-bond acceptors (Lipinski definition) is 4. The Morgan fingerprint density at radius 1 is 1.41 bits per heavy atom. The normalized spacial score (nSPS) is 21.9. The molecule has 2 heterocycles. The van der Waals surface area contributed by atoms with Crippen molar-refractivity contribution in [3.05, 3.63) is 15.6 Å². The monoisotopic (exact) mass is 254 g/mol. The van der Waals surface area contributed by atoms with Crippen LogP contribution in [0, 0.1) is 13.8 Å². The first-order chi connectivity index (χ1) is 8.20. The Kier molecular flexibility index (Phi) is 4.54. The van der Waals surface area contributed by atoms with Crippen molar-refractivity contribution < 1.29 is 5.11 Å². The number of aryl methyl sites for hydroxylation is 2. The van der Waals surface area contributed by atoms with Gasteiger partial charge in [0, 0.05) is 24.1 Å². The molecule has 3 nitrogen and oxygen atoms in total. The Bertz CT molecular complexity index is 362. The van der Waals surface area contributed by atoms with E-state index in [2.05, 4.69) is 23.7 Å². The average molecular weight is 254 g/mol. The van der Waals surface area contributed by atoms with Gasteiger partial charge in [-0.05, 0) is 39.7 Å². The Morgan fingerprint density at radius 3 is 2.88 bits per heavy atom. The first-order valence-electron chi connectivity index (χ1n) is 6.48. The molecule has 0 saturated carbocycles. The summed E-state index contributed by atoms with van der Waals surface area (Å²) in [5.41, 5.74) is 1.18. The predicted molar refractivity (Wildman–Crippen MR) is 71.3 cm³/mol. The molecule has 1 N–H and O–H groups in total. The molecule has 1 fully saturated rings. The van der Waals surface area contributed by atoms with E-state index >= 15 is 0 Å². The molecule has 1 aliphatic rings. The van der Waals surface area contributed by atoms with Gasteiger partial charge in [-0.3, -0.25) is 4.90 Å². The number of piperidine rings is 1. The molecule has 0 aliphatic carbocycles. The van der Waals surface area contributed by atoms with Crippen molar-refractivity contribution >= 4 is 11.3 Å². The summed E-state index contributed by atoms with van der Waals surface area (Å²) in [4.78, 5) is 8.41. The van der Waals surface area contributed by atoms with Gasteiger partial charge in [-0.2, -0.15) is 0 Å². The summed E-state index contributed by atoms with van der Waals surface area (Å²) >= 11 is 1.81. The van der Waals surface area contributed by atoms with E-state index in [4.69, 9.17) is 5.11 Å². The van der Waals surface area contributed by atoms with Crippen LogP contribution in [0.1, 0.15) is 41.3 Å². The van der Waals surface area contributed by atoms with Crippen LogP contribution in [0.4, 0.5) is 0 Å². The maximum Gasteiger partial charge on any atom is 0.0900 e. The second-order valence-electron chi connectivity index (χ2n) is 4.87. The van der Waals surface area contributed by atoms with Crippen LogP contribution in [-0.2, 0) is 6.54 Å². The minimum atomic E-state index is 0.307. The summed E-state index contributed by atoms with van der Waals surface area (Å²) in [6.07, 6.45) is 4.74. The summed E-state index contributed by atoms with van der Waals surface area (Å²) in [6.45, 7) is 6.66. The number of likely N-dealkylation sites (tertiary alicyclic amines) is 1. The van der Waals surface area contributed by atoms with E-state index in [-0.39, 0.29) is 0 Å². The zero-order valence-electron chi connectivity index (χ0n) is 10.8. The van der Waals surface area contributed by atoms with Gasteiger partial charge in [0.2, 0.25) is 0 Å². The van der Waals surface area contributed by atoms with Crippen LogP contribution in [-0.4, -0.2) is 34.2 Å². The van der Waals surface area contributed by atoms with Crippen LogP contribution < -0.4 is 0 Å². The minimum absolute atomic E-state index is 0.307. The van der Waals surface area contributed by atoms with E-state index in [0.29, 0.717) is 12.6 Å². The highest BCUT2D eigenvalue weighted by molar-refractivity contribution is 7.11. The van der Waals surface area contributed by atoms with E-state index in [0.717, 1.165) is 18.0 Å². The van der Waals surface area contributed by atoms with Gasteiger partial charge in [0.25, 0.3) is 0 Å². The maximum atomic E-state index is 9.12. The average Bonchev–Trinajstić information content (AvgIpc) is 2.61. The fourth-order valence-corrected chi connectivity index (χ4v) is 3.61. The van der Waals surface area contributed by atoms with Gasteiger partial charge < -0.3 is 5.11 Å². The van der Waals surface area contributed by atoms with Crippen molar-refractivity contribution in [2.45, 2.75) is 52.1 Å². The van der Waals surface area contributed by atoms with Crippen molar-refractivity contribution in [2.24, 2.45) is 0 Å². The number of nitrogens with zero attached hydrogens (tertiary/aromatic N) is 2. The molecule has 1 atom stereocenters. The van der Waals surface area contributed by atoms with E-state index < -0.39 is 0 Å². The Labute approximate surface area is 107 Å². The van der Waals surface area contributed by atoms with Gasteiger partial charge in [0.15, 0.2) is 0 Å². The molecule has 0 amide bonds. The molecule has 96 valence electrons. The van der Waals surface area contributed by atoms with Crippen LogP contribution in [0.2, 0.25) is 0 Å². The van der Waals surface area contributed by atoms with Gasteiger partial charge in [-0.25, -0.2) is 4.98 Å². The number of aliphatic hydroxyl groups excluding tert-OH is 1. The molecule has 0 radical (unpaired) electrons. The molecule has 2 rings (SSSR count). The van der Waals surface area contributed by atoms with Crippen LogP contribution in [0.3, 0.4) is 0 Å². The van der Waals surface area contributed by atoms with Crippen molar-refractivity contribution in [3.8, 4) is 0 Å². The molecule has 17 heavy (non-hydrogen) atoms.